The number of hydrogen-bond acceptors (Lipinski definition) is 3. The van der Waals surface area contributed by atoms with Gasteiger partial charge in [0.15, 0.2) is 11.6 Å². The van der Waals surface area contributed by atoms with Gasteiger partial charge in [0.05, 0.1) is 6.04 Å². The van der Waals surface area contributed by atoms with Gasteiger partial charge < -0.3 is 0 Å². The molecule has 1 aromatic carbocycles. The van der Waals surface area contributed by atoms with E-state index in [4.69, 9.17) is 5.84 Å². The maximum Gasteiger partial charge on any atom is 0.164 e. The fourth-order valence-electron chi connectivity index (χ4n) is 1.87. The van der Waals surface area contributed by atoms with Crippen LogP contribution in [0.3, 0.4) is 0 Å². The van der Waals surface area contributed by atoms with Crippen molar-refractivity contribution in [3.8, 4) is 0 Å². The average Bonchev–Trinajstić information content (AvgIpc) is 2.77. The van der Waals surface area contributed by atoms with Gasteiger partial charge >= 0.3 is 0 Å². The summed E-state index contributed by atoms with van der Waals surface area (Å²) in [5, 5.41) is 1.90. The zero-order chi connectivity index (χ0) is 13.3. The van der Waals surface area contributed by atoms with Crippen LogP contribution in [0.4, 0.5) is 8.78 Å². The highest BCUT2D eigenvalue weighted by Crippen LogP contribution is 2.31. The van der Waals surface area contributed by atoms with Crippen molar-refractivity contribution in [2.75, 3.05) is 0 Å². The lowest BCUT2D eigenvalue weighted by molar-refractivity contribution is 0.479. The number of nitrogens with two attached hydrogens (primary N) is 1. The van der Waals surface area contributed by atoms with Gasteiger partial charge in [0.25, 0.3) is 0 Å². The van der Waals surface area contributed by atoms with E-state index in [1.807, 2.05) is 18.4 Å². The second kappa shape index (κ2) is 5.14. The van der Waals surface area contributed by atoms with Crippen LogP contribution in [0.5, 0.6) is 0 Å². The minimum absolute atomic E-state index is 0.228. The summed E-state index contributed by atoms with van der Waals surface area (Å²) in [4.78, 5) is 0.889. The van der Waals surface area contributed by atoms with Crippen molar-refractivity contribution in [3.05, 3.63) is 56.8 Å². The number of halogens is 2. The lowest BCUT2D eigenvalue weighted by atomic mass is 10.0. The van der Waals surface area contributed by atoms with Gasteiger partial charge in [-0.3, -0.25) is 5.84 Å². The van der Waals surface area contributed by atoms with Gasteiger partial charge in [0, 0.05) is 10.4 Å². The summed E-state index contributed by atoms with van der Waals surface area (Å²) < 4.78 is 27.5. The molecule has 0 aliphatic rings. The second-order valence-corrected chi connectivity index (χ2v) is 5.11. The molecule has 18 heavy (non-hydrogen) atoms. The van der Waals surface area contributed by atoms with Crippen LogP contribution >= 0.6 is 11.3 Å². The number of thiophene rings is 1. The maximum absolute atomic E-state index is 14.0. The third kappa shape index (κ3) is 2.16. The molecule has 0 aliphatic heterocycles. The molecule has 1 unspecified atom stereocenters. The Balaban J connectivity index is 2.53. The van der Waals surface area contributed by atoms with Crippen molar-refractivity contribution in [3.63, 3.8) is 0 Å². The molecule has 2 rings (SSSR count). The largest absolute Gasteiger partial charge is 0.271 e. The van der Waals surface area contributed by atoms with Crippen LogP contribution in [0.25, 0.3) is 0 Å². The molecule has 0 amide bonds. The first-order chi connectivity index (χ1) is 8.56. The molecular weight excluding hydrogens is 254 g/mol. The van der Waals surface area contributed by atoms with E-state index in [1.165, 1.54) is 18.3 Å². The number of rotatable bonds is 3. The molecule has 2 nitrogen and oxygen atoms in total. The Morgan fingerprint density at radius 3 is 2.39 bits per heavy atom. The fourth-order valence-corrected chi connectivity index (χ4v) is 2.87. The maximum atomic E-state index is 14.0. The third-order valence-corrected chi connectivity index (χ3v) is 4.03. The van der Waals surface area contributed by atoms with Crippen LogP contribution in [0.15, 0.2) is 23.6 Å². The van der Waals surface area contributed by atoms with Gasteiger partial charge in [0.2, 0.25) is 0 Å². The van der Waals surface area contributed by atoms with E-state index < -0.39 is 17.7 Å². The summed E-state index contributed by atoms with van der Waals surface area (Å²) in [6, 6.07) is 4.52. The molecule has 0 bridgehead atoms. The first kappa shape index (κ1) is 13.1. The van der Waals surface area contributed by atoms with E-state index in [-0.39, 0.29) is 11.1 Å². The van der Waals surface area contributed by atoms with Gasteiger partial charge in [-0.1, -0.05) is 12.1 Å². The van der Waals surface area contributed by atoms with Gasteiger partial charge in [-0.15, -0.1) is 11.3 Å². The molecule has 0 aliphatic carbocycles. The number of hydrogen-bond donors (Lipinski definition) is 2. The summed E-state index contributed by atoms with van der Waals surface area (Å²) in [7, 11) is 0. The molecule has 1 atom stereocenters. The van der Waals surface area contributed by atoms with Crippen molar-refractivity contribution in [2.45, 2.75) is 19.9 Å². The van der Waals surface area contributed by atoms with Crippen LogP contribution in [0.2, 0.25) is 0 Å². The molecule has 0 radical (unpaired) electrons. The summed E-state index contributed by atoms with van der Waals surface area (Å²) in [6.07, 6.45) is 0. The zero-order valence-corrected chi connectivity index (χ0v) is 10.9. The Labute approximate surface area is 108 Å². The number of hydrazine groups is 1. The Bertz CT molecular complexity index is 566. The molecular formula is C13H14F2N2S. The number of aryl methyl sites for hydroxylation is 2. The highest BCUT2D eigenvalue weighted by molar-refractivity contribution is 7.10. The van der Waals surface area contributed by atoms with Crippen LogP contribution in [0, 0.1) is 25.5 Å². The van der Waals surface area contributed by atoms with Gasteiger partial charge in [-0.05, 0) is 36.4 Å². The van der Waals surface area contributed by atoms with Crippen LogP contribution < -0.4 is 11.3 Å². The standard InChI is InChI=1S/C13H14F2N2S/c1-7-3-4-9(11(15)10(7)14)12(17-16)13-8(2)5-6-18-13/h3-6,12,17H,16H2,1-2H3. The van der Waals surface area contributed by atoms with Gasteiger partial charge in [-0.25, -0.2) is 14.2 Å². The molecule has 3 N–H and O–H groups in total. The predicted molar refractivity (Wildman–Crippen MR) is 69.3 cm³/mol. The third-order valence-electron chi connectivity index (χ3n) is 2.95. The van der Waals surface area contributed by atoms with E-state index >= 15 is 0 Å². The van der Waals surface area contributed by atoms with Crippen molar-refractivity contribution in [2.24, 2.45) is 5.84 Å². The fraction of sp³-hybridized carbons (Fsp3) is 0.231. The van der Waals surface area contributed by atoms with Crippen LogP contribution in [-0.4, -0.2) is 0 Å². The monoisotopic (exact) mass is 268 g/mol. The lowest BCUT2D eigenvalue weighted by Gasteiger charge is -2.17. The molecule has 0 spiro atoms. The average molecular weight is 268 g/mol. The summed E-state index contributed by atoms with van der Waals surface area (Å²) in [5.74, 6) is 3.83. The van der Waals surface area contributed by atoms with E-state index in [0.717, 1.165) is 10.4 Å². The van der Waals surface area contributed by atoms with E-state index in [0.29, 0.717) is 0 Å². The molecule has 1 aromatic heterocycles. The highest BCUT2D eigenvalue weighted by atomic mass is 32.1. The molecule has 5 heteroatoms. The van der Waals surface area contributed by atoms with Crippen molar-refractivity contribution in [1.29, 1.82) is 0 Å². The first-order valence-electron chi connectivity index (χ1n) is 5.51. The van der Waals surface area contributed by atoms with Crippen molar-refractivity contribution >= 4 is 11.3 Å². The Kier molecular flexibility index (Phi) is 3.75. The SMILES string of the molecule is Cc1ccsc1C(NN)c1ccc(C)c(F)c1F. The van der Waals surface area contributed by atoms with Gasteiger partial charge in [-0.2, -0.15) is 0 Å². The lowest BCUT2D eigenvalue weighted by Crippen LogP contribution is -2.29. The van der Waals surface area contributed by atoms with E-state index in [9.17, 15) is 8.78 Å². The molecule has 1 heterocycles. The second-order valence-electron chi connectivity index (χ2n) is 4.17. The Hall–Kier alpha value is -1.30. The molecule has 0 saturated carbocycles. The topological polar surface area (TPSA) is 38.0 Å². The minimum atomic E-state index is -0.842. The van der Waals surface area contributed by atoms with E-state index in [1.54, 1.807) is 12.1 Å². The first-order valence-corrected chi connectivity index (χ1v) is 6.38. The highest BCUT2D eigenvalue weighted by Gasteiger charge is 2.22. The summed E-state index contributed by atoms with van der Waals surface area (Å²) >= 11 is 1.46. The Morgan fingerprint density at radius 2 is 1.83 bits per heavy atom. The molecule has 0 fully saturated rings. The zero-order valence-electron chi connectivity index (χ0n) is 10.1. The smallest absolute Gasteiger partial charge is 0.164 e. The summed E-state index contributed by atoms with van der Waals surface area (Å²) in [5.41, 5.74) is 4.07. The van der Waals surface area contributed by atoms with Crippen molar-refractivity contribution < 1.29 is 8.78 Å². The Morgan fingerprint density at radius 1 is 1.11 bits per heavy atom. The molecule has 0 saturated heterocycles. The molecule has 96 valence electrons. The van der Waals surface area contributed by atoms with Crippen LogP contribution in [0.1, 0.15) is 27.6 Å². The summed E-state index contributed by atoms with van der Waals surface area (Å²) in [6.45, 7) is 3.45. The number of nitrogens with one attached hydrogen (secondary N) is 1. The normalized spacial score (nSPS) is 12.7. The minimum Gasteiger partial charge on any atom is -0.271 e. The van der Waals surface area contributed by atoms with Crippen LogP contribution in [-0.2, 0) is 0 Å². The van der Waals surface area contributed by atoms with E-state index in [2.05, 4.69) is 5.43 Å². The van der Waals surface area contributed by atoms with Crippen molar-refractivity contribution in [1.82, 2.24) is 5.43 Å². The molecule has 2 aromatic rings. The number of benzene rings is 1. The predicted octanol–water partition coefficient (Wildman–Crippen LogP) is 3.20. The quantitative estimate of drug-likeness (QED) is 0.662. The van der Waals surface area contributed by atoms with Gasteiger partial charge in [0.1, 0.15) is 0 Å².